The maximum Gasteiger partial charge on any atom is 0.164 e. The smallest absolute Gasteiger partial charge is 0.164 e. The summed E-state index contributed by atoms with van der Waals surface area (Å²) in [6.07, 6.45) is 12.4. The molecule has 2 aromatic rings. The summed E-state index contributed by atoms with van der Waals surface area (Å²) in [7, 11) is 0. The molecule has 0 aliphatic rings. The van der Waals surface area contributed by atoms with Crippen LogP contribution in [0.5, 0.6) is 0 Å². The molecule has 8 nitrogen and oxygen atoms in total. The lowest BCUT2D eigenvalue weighted by atomic mass is 10.7. The summed E-state index contributed by atoms with van der Waals surface area (Å²) in [5, 5.41) is 7.74. The van der Waals surface area contributed by atoms with E-state index in [-0.39, 0.29) is 0 Å². The van der Waals surface area contributed by atoms with Crippen molar-refractivity contribution in [3.63, 3.8) is 0 Å². The summed E-state index contributed by atoms with van der Waals surface area (Å²) in [6, 6.07) is 0. The van der Waals surface area contributed by atoms with E-state index in [0.717, 1.165) is 0 Å². The average Bonchev–Trinajstić information content (AvgIpc) is 2.45. The van der Waals surface area contributed by atoms with Crippen LogP contribution in [0.2, 0.25) is 0 Å². The van der Waals surface area contributed by atoms with Gasteiger partial charge in [0.05, 0.1) is 24.8 Å². The summed E-state index contributed by atoms with van der Waals surface area (Å²) in [4.78, 5) is 15.7. The Kier molecular flexibility index (Phi) is 4.27. The van der Waals surface area contributed by atoms with E-state index >= 15 is 0 Å². The Hall–Kier alpha value is -2.90. The summed E-state index contributed by atoms with van der Waals surface area (Å²) in [5.41, 5.74) is 5.38. The largest absolute Gasteiger partial charge is 0.260 e. The van der Waals surface area contributed by atoms with Gasteiger partial charge in [-0.05, 0) is 0 Å². The van der Waals surface area contributed by atoms with Crippen LogP contribution >= 0.6 is 0 Å². The minimum absolute atomic E-state index is 0.559. The predicted molar refractivity (Wildman–Crippen MR) is 68.3 cm³/mol. The van der Waals surface area contributed by atoms with Gasteiger partial charge in [0, 0.05) is 24.8 Å². The van der Waals surface area contributed by atoms with Crippen LogP contribution in [0.25, 0.3) is 0 Å². The molecule has 0 spiro atoms. The zero-order chi connectivity index (χ0) is 12.5. The molecule has 0 amide bonds. The number of nitrogens with one attached hydrogen (secondary N) is 2. The van der Waals surface area contributed by atoms with Gasteiger partial charge in [-0.1, -0.05) is 0 Å². The third-order valence-corrected chi connectivity index (χ3v) is 1.70. The van der Waals surface area contributed by atoms with Gasteiger partial charge in [-0.2, -0.15) is 10.2 Å². The minimum Gasteiger partial charge on any atom is -0.260 e. The Labute approximate surface area is 103 Å². The molecule has 0 radical (unpaired) electrons. The van der Waals surface area contributed by atoms with Crippen LogP contribution in [-0.2, 0) is 0 Å². The van der Waals surface area contributed by atoms with Crippen LogP contribution in [-0.4, -0.2) is 32.4 Å². The Morgan fingerprint density at radius 2 is 1.28 bits per heavy atom. The van der Waals surface area contributed by atoms with E-state index in [0.29, 0.717) is 11.6 Å². The predicted octanol–water partition coefficient (Wildman–Crippen LogP) is 0.762. The van der Waals surface area contributed by atoms with Crippen molar-refractivity contribution in [2.75, 3.05) is 10.9 Å². The number of hydrazone groups is 2. The summed E-state index contributed by atoms with van der Waals surface area (Å²) >= 11 is 0. The lowest BCUT2D eigenvalue weighted by Gasteiger charge is -1.95. The van der Waals surface area contributed by atoms with Crippen molar-refractivity contribution < 1.29 is 0 Å². The van der Waals surface area contributed by atoms with Crippen LogP contribution in [0.15, 0.2) is 47.4 Å². The Balaban J connectivity index is 1.75. The van der Waals surface area contributed by atoms with Gasteiger partial charge >= 0.3 is 0 Å². The molecular formula is C10H10N8. The van der Waals surface area contributed by atoms with Gasteiger partial charge in [0.2, 0.25) is 0 Å². The van der Waals surface area contributed by atoms with Crippen molar-refractivity contribution in [3.8, 4) is 0 Å². The Morgan fingerprint density at radius 1 is 0.778 bits per heavy atom. The highest BCUT2D eigenvalue weighted by Crippen LogP contribution is 1.96. The van der Waals surface area contributed by atoms with Crippen LogP contribution in [0, 0.1) is 0 Å². The first-order chi connectivity index (χ1) is 8.95. The van der Waals surface area contributed by atoms with E-state index < -0.39 is 0 Å². The molecule has 18 heavy (non-hydrogen) atoms. The maximum atomic E-state index is 3.98. The highest BCUT2D eigenvalue weighted by Gasteiger charge is 1.86. The van der Waals surface area contributed by atoms with Gasteiger partial charge in [-0.3, -0.25) is 20.8 Å². The second-order valence-corrected chi connectivity index (χ2v) is 2.96. The minimum atomic E-state index is 0.559. The van der Waals surface area contributed by atoms with E-state index in [2.05, 4.69) is 41.0 Å². The first kappa shape index (κ1) is 11.6. The summed E-state index contributed by atoms with van der Waals surface area (Å²) in [6.45, 7) is 0. The molecule has 8 heteroatoms. The van der Waals surface area contributed by atoms with Crippen LogP contribution in [0.1, 0.15) is 0 Å². The van der Waals surface area contributed by atoms with E-state index in [1.54, 1.807) is 37.2 Å². The molecule has 0 saturated heterocycles. The lowest BCUT2D eigenvalue weighted by molar-refractivity contribution is 1.16. The molecule has 0 fully saturated rings. The lowest BCUT2D eigenvalue weighted by Crippen LogP contribution is -1.95. The van der Waals surface area contributed by atoms with Crippen LogP contribution in [0.3, 0.4) is 0 Å². The van der Waals surface area contributed by atoms with Crippen molar-refractivity contribution in [2.24, 2.45) is 10.2 Å². The van der Waals surface area contributed by atoms with Gasteiger partial charge in [0.1, 0.15) is 0 Å². The number of aromatic nitrogens is 4. The number of anilines is 2. The zero-order valence-corrected chi connectivity index (χ0v) is 9.30. The number of hydrogen-bond acceptors (Lipinski definition) is 8. The average molecular weight is 242 g/mol. The molecular weight excluding hydrogens is 232 g/mol. The maximum absolute atomic E-state index is 3.98. The van der Waals surface area contributed by atoms with Crippen LogP contribution < -0.4 is 10.9 Å². The molecule has 0 atom stereocenters. The van der Waals surface area contributed by atoms with Crippen molar-refractivity contribution in [1.82, 2.24) is 19.9 Å². The van der Waals surface area contributed by atoms with Gasteiger partial charge in [-0.15, -0.1) is 0 Å². The fourth-order valence-electron chi connectivity index (χ4n) is 0.987. The molecule has 0 unspecified atom stereocenters. The van der Waals surface area contributed by atoms with Gasteiger partial charge < -0.3 is 0 Å². The number of nitrogens with zero attached hydrogens (tertiary/aromatic N) is 6. The van der Waals surface area contributed by atoms with Crippen molar-refractivity contribution in [3.05, 3.63) is 37.2 Å². The van der Waals surface area contributed by atoms with Crippen molar-refractivity contribution >= 4 is 24.1 Å². The topological polar surface area (TPSA) is 100 Å². The third-order valence-electron chi connectivity index (χ3n) is 1.70. The first-order valence-corrected chi connectivity index (χ1v) is 5.04. The van der Waals surface area contributed by atoms with Gasteiger partial charge in [-0.25, -0.2) is 9.97 Å². The molecule has 2 rings (SSSR count). The monoisotopic (exact) mass is 242 g/mol. The molecule has 0 aliphatic carbocycles. The Morgan fingerprint density at radius 3 is 1.67 bits per heavy atom. The molecule has 2 aromatic heterocycles. The molecule has 2 N–H and O–H groups in total. The molecule has 0 aliphatic heterocycles. The fraction of sp³-hybridized carbons (Fsp3) is 0. The highest BCUT2D eigenvalue weighted by molar-refractivity contribution is 6.16. The molecule has 0 saturated carbocycles. The molecule has 90 valence electrons. The second kappa shape index (κ2) is 6.63. The normalized spacial score (nSPS) is 10.9. The highest BCUT2D eigenvalue weighted by atomic mass is 15.3. The number of rotatable bonds is 5. The van der Waals surface area contributed by atoms with Crippen molar-refractivity contribution in [1.29, 1.82) is 0 Å². The number of hydrogen-bond donors (Lipinski definition) is 2. The van der Waals surface area contributed by atoms with Gasteiger partial charge in [0.15, 0.2) is 11.6 Å². The molecule has 2 heterocycles. The quantitative estimate of drug-likeness (QED) is 0.593. The molecule has 0 bridgehead atoms. The van der Waals surface area contributed by atoms with E-state index in [1.807, 2.05) is 0 Å². The second-order valence-electron chi connectivity index (χ2n) is 2.96. The molecule has 0 aromatic carbocycles. The third kappa shape index (κ3) is 3.93. The van der Waals surface area contributed by atoms with Gasteiger partial charge in [0.25, 0.3) is 0 Å². The summed E-state index contributed by atoms with van der Waals surface area (Å²) < 4.78 is 0. The Bertz CT molecular complexity index is 460. The van der Waals surface area contributed by atoms with E-state index in [1.165, 1.54) is 12.4 Å². The van der Waals surface area contributed by atoms with Crippen LogP contribution in [0.4, 0.5) is 11.6 Å². The van der Waals surface area contributed by atoms with Crippen molar-refractivity contribution in [2.45, 2.75) is 0 Å². The fourth-order valence-corrected chi connectivity index (χ4v) is 0.987. The zero-order valence-electron chi connectivity index (χ0n) is 9.30. The summed E-state index contributed by atoms with van der Waals surface area (Å²) in [5.74, 6) is 1.12. The van der Waals surface area contributed by atoms with E-state index in [4.69, 9.17) is 0 Å². The van der Waals surface area contributed by atoms with E-state index in [9.17, 15) is 0 Å². The SMILES string of the molecule is C(C=NNc1cnccn1)=NNc1cnccn1. The standard InChI is InChI=1S/C10H10N8/c1-3-13-9(7-11-1)17-15-5-6-16-18-10-8-12-2-4-14-10/h1-8H,(H,13,17)(H,14,18). The first-order valence-electron chi connectivity index (χ1n) is 5.04.